The molecule has 0 spiro atoms. The highest BCUT2D eigenvalue weighted by Crippen LogP contribution is 2.46. The molecule has 1 amide bonds. The molecular weight excluding hydrogens is 366 g/mol. The zero-order chi connectivity index (χ0) is 20.0. The van der Waals surface area contributed by atoms with Crippen LogP contribution in [0.25, 0.3) is 11.1 Å². The molecule has 150 valence electrons. The van der Waals surface area contributed by atoms with Gasteiger partial charge >= 0.3 is 12.1 Å². The molecular formula is C24H25NO4. The minimum atomic E-state index is -0.695. The number of alkyl carbamates (subject to hydrolysis) is 1. The summed E-state index contributed by atoms with van der Waals surface area (Å²) in [6.45, 7) is 0.304. The maximum absolute atomic E-state index is 12.5. The van der Waals surface area contributed by atoms with E-state index in [1.165, 1.54) is 22.3 Å². The van der Waals surface area contributed by atoms with Gasteiger partial charge in [-0.25, -0.2) is 4.79 Å². The van der Waals surface area contributed by atoms with Gasteiger partial charge in [0.2, 0.25) is 0 Å². The molecule has 2 bridgehead atoms. The van der Waals surface area contributed by atoms with Gasteiger partial charge in [-0.15, -0.1) is 0 Å². The molecule has 3 fully saturated rings. The molecule has 5 heteroatoms. The number of fused-ring (bicyclic) bond motifs is 6. The predicted octanol–water partition coefficient (Wildman–Crippen LogP) is 4.41. The second-order valence-corrected chi connectivity index (χ2v) is 8.59. The lowest BCUT2D eigenvalue weighted by Crippen LogP contribution is -2.51. The molecule has 4 aliphatic rings. The second-order valence-electron chi connectivity index (χ2n) is 8.59. The summed E-state index contributed by atoms with van der Waals surface area (Å²) in [5, 5.41) is 12.4. The Morgan fingerprint density at radius 2 is 1.55 bits per heavy atom. The van der Waals surface area contributed by atoms with E-state index in [0.29, 0.717) is 13.0 Å². The summed E-state index contributed by atoms with van der Waals surface area (Å²) in [7, 11) is 0. The Balaban J connectivity index is 1.24. The molecule has 29 heavy (non-hydrogen) atoms. The summed E-state index contributed by atoms with van der Waals surface area (Å²) < 4.78 is 5.66. The quantitative estimate of drug-likeness (QED) is 0.809. The number of carboxylic acids is 1. The monoisotopic (exact) mass is 391 g/mol. The Bertz CT molecular complexity index is 910. The van der Waals surface area contributed by atoms with Gasteiger partial charge in [-0.1, -0.05) is 48.5 Å². The van der Waals surface area contributed by atoms with Crippen LogP contribution in [0.4, 0.5) is 4.79 Å². The van der Waals surface area contributed by atoms with Crippen molar-refractivity contribution in [1.82, 2.24) is 5.32 Å². The summed E-state index contributed by atoms with van der Waals surface area (Å²) in [4.78, 5) is 23.9. The topological polar surface area (TPSA) is 75.6 Å². The lowest BCUT2D eigenvalue weighted by atomic mass is 9.62. The van der Waals surface area contributed by atoms with Crippen molar-refractivity contribution < 1.29 is 19.4 Å². The van der Waals surface area contributed by atoms with Crippen LogP contribution in [-0.4, -0.2) is 29.8 Å². The Hall–Kier alpha value is -2.82. The van der Waals surface area contributed by atoms with Crippen LogP contribution in [-0.2, 0) is 9.53 Å². The third-order valence-corrected chi connectivity index (χ3v) is 7.12. The van der Waals surface area contributed by atoms with E-state index in [4.69, 9.17) is 4.74 Å². The third kappa shape index (κ3) is 3.18. The number of benzene rings is 2. The number of rotatable bonds is 4. The molecule has 4 unspecified atom stereocenters. The minimum absolute atomic E-state index is 0.0278. The van der Waals surface area contributed by atoms with Gasteiger partial charge in [0.05, 0.1) is 5.92 Å². The zero-order valence-corrected chi connectivity index (χ0v) is 16.2. The van der Waals surface area contributed by atoms with E-state index in [0.717, 1.165) is 19.3 Å². The molecule has 4 atom stereocenters. The highest BCUT2D eigenvalue weighted by molar-refractivity contribution is 5.79. The number of hydrogen-bond donors (Lipinski definition) is 2. The molecule has 2 N–H and O–H groups in total. The van der Waals surface area contributed by atoms with E-state index in [9.17, 15) is 14.7 Å². The normalized spacial score (nSPS) is 27.2. The minimum Gasteiger partial charge on any atom is -0.481 e. The van der Waals surface area contributed by atoms with Gasteiger partial charge in [-0.05, 0) is 59.8 Å². The summed E-state index contributed by atoms with van der Waals surface area (Å²) in [6, 6.07) is 16.6. The largest absolute Gasteiger partial charge is 0.481 e. The van der Waals surface area contributed by atoms with E-state index < -0.39 is 12.1 Å². The zero-order valence-electron chi connectivity index (χ0n) is 16.2. The maximum Gasteiger partial charge on any atom is 0.407 e. The molecule has 0 radical (unpaired) electrons. The van der Waals surface area contributed by atoms with Gasteiger partial charge < -0.3 is 15.2 Å². The van der Waals surface area contributed by atoms with Crippen LogP contribution < -0.4 is 5.32 Å². The fourth-order valence-electron chi connectivity index (χ4n) is 5.70. The van der Waals surface area contributed by atoms with Crippen LogP contribution >= 0.6 is 0 Å². The van der Waals surface area contributed by atoms with Crippen LogP contribution in [0.2, 0.25) is 0 Å². The lowest BCUT2D eigenvalue weighted by Gasteiger charge is -2.45. The summed E-state index contributed by atoms with van der Waals surface area (Å²) in [5.74, 6) is -0.501. The van der Waals surface area contributed by atoms with Gasteiger partial charge in [0, 0.05) is 12.0 Å². The summed E-state index contributed by atoms with van der Waals surface area (Å²) in [5.41, 5.74) is 4.81. The molecule has 2 aromatic carbocycles. The first-order chi connectivity index (χ1) is 14.1. The number of carbonyl (C=O) groups is 2. The van der Waals surface area contributed by atoms with Crippen LogP contribution in [0.5, 0.6) is 0 Å². The van der Waals surface area contributed by atoms with Crippen molar-refractivity contribution in [3.05, 3.63) is 59.7 Å². The molecule has 0 heterocycles. The average Bonchev–Trinajstić information content (AvgIpc) is 3.06. The number of hydrogen-bond acceptors (Lipinski definition) is 3. The van der Waals surface area contributed by atoms with E-state index in [1.807, 2.05) is 24.3 Å². The van der Waals surface area contributed by atoms with Gasteiger partial charge in [-0.2, -0.15) is 0 Å². The van der Waals surface area contributed by atoms with E-state index >= 15 is 0 Å². The van der Waals surface area contributed by atoms with Crippen molar-refractivity contribution in [2.75, 3.05) is 6.61 Å². The number of nitrogens with one attached hydrogen (secondary N) is 1. The van der Waals surface area contributed by atoms with Crippen LogP contribution in [0.3, 0.4) is 0 Å². The molecule has 4 aliphatic carbocycles. The molecule has 6 rings (SSSR count). The van der Waals surface area contributed by atoms with Crippen molar-refractivity contribution >= 4 is 12.1 Å². The number of amides is 1. The lowest BCUT2D eigenvalue weighted by molar-refractivity contribution is -0.148. The van der Waals surface area contributed by atoms with E-state index in [2.05, 4.69) is 29.6 Å². The smallest absolute Gasteiger partial charge is 0.407 e. The average molecular weight is 391 g/mol. The standard InChI is InChI=1S/C24H25NO4/c26-23(27)20-11-15-10-9-14(20)12-22(15)25-24(28)29-13-21-18-7-3-1-5-16(18)17-6-2-4-8-19(17)21/h1-8,14-15,20-22H,9-13H2,(H,25,28)(H,26,27). The van der Waals surface area contributed by atoms with E-state index in [1.54, 1.807) is 0 Å². The summed E-state index contributed by atoms with van der Waals surface area (Å²) in [6.07, 6.45) is 2.95. The number of aliphatic carboxylic acids is 1. The highest BCUT2D eigenvalue weighted by Gasteiger charge is 2.45. The van der Waals surface area contributed by atoms with Gasteiger partial charge in [0.1, 0.15) is 6.61 Å². The van der Waals surface area contributed by atoms with Crippen molar-refractivity contribution in [2.24, 2.45) is 17.8 Å². The number of ether oxygens (including phenoxy) is 1. The van der Waals surface area contributed by atoms with Crippen molar-refractivity contribution in [2.45, 2.75) is 37.6 Å². The van der Waals surface area contributed by atoms with Gasteiger partial charge in [0.25, 0.3) is 0 Å². The second kappa shape index (κ2) is 7.21. The third-order valence-electron chi connectivity index (χ3n) is 7.12. The molecule has 0 aliphatic heterocycles. The van der Waals surface area contributed by atoms with E-state index in [-0.39, 0.29) is 29.7 Å². The Morgan fingerprint density at radius 1 is 0.931 bits per heavy atom. The first-order valence-corrected chi connectivity index (χ1v) is 10.5. The number of carbonyl (C=O) groups excluding carboxylic acids is 1. The Morgan fingerprint density at radius 3 is 2.14 bits per heavy atom. The molecule has 2 aromatic rings. The van der Waals surface area contributed by atoms with Gasteiger partial charge in [0.15, 0.2) is 0 Å². The van der Waals surface area contributed by atoms with Crippen LogP contribution in [0.1, 0.15) is 42.7 Å². The van der Waals surface area contributed by atoms with Crippen LogP contribution in [0.15, 0.2) is 48.5 Å². The first kappa shape index (κ1) is 18.2. The number of carboxylic acid groups (broad SMARTS) is 1. The highest BCUT2D eigenvalue weighted by atomic mass is 16.5. The van der Waals surface area contributed by atoms with Crippen molar-refractivity contribution in [1.29, 1.82) is 0 Å². The molecule has 0 aromatic heterocycles. The summed E-state index contributed by atoms with van der Waals surface area (Å²) >= 11 is 0. The molecule has 3 saturated carbocycles. The molecule has 0 saturated heterocycles. The fraction of sp³-hybridized carbons (Fsp3) is 0.417. The SMILES string of the molecule is O=C(NC1CC2CCC1CC2C(=O)O)OCC1c2ccccc2-c2ccccc21. The Kier molecular flexibility index (Phi) is 4.53. The van der Waals surface area contributed by atoms with Gasteiger partial charge in [-0.3, -0.25) is 4.79 Å². The van der Waals surface area contributed by atoms with Crippen molar-refractivity contribution in [3.63, 3.8) is 0 Å². The first-order valence-electron chi connectivity index (χ1n) is 10.5. The Labute approximate surface area is 170 Å². The van der Waals surface area contributed by atoms with Crippen LogP contribution in [0, 0.1) is 17.8 Å². The maximum atomic E-state index is 12.5. The molecule has 5 nitrogen and oxygen atoms in total. The van der Waals surface area contributed by atoms with Crippen molar-refractivity contribution in [3.8, 4) is 11.1 Å². The fourth-order valence-corrected chi connectivity index (χ4v) is 5.70. The predicted molar refractivity (Wildman–Crippen MR) is 109 cm³/mol.